The standard InChI is InChI=1S/C18H23ClN2O3S/c1-12(20-18(23)21-15(11-22)9-10-24-2)16-7-8-17(25-16)13-3-5-14(19)6-4-13/h3-8,12,15,22H,9-11H2,1-2H3,(H2,20,21,23). The second kappa shape index (κ2) is 9.77. The zero-order chi connectivity index (χ0) is 18.2. The lowest BCUT2D eigenvalue weighted by Gasteiger charge is -2.18. The molecule has 0 bridgehead atoms. The molecular weight excluding hydrogens is 360 g/mol. The summed E-state index contributed by atoms with van der Waals surface area (Å²) in [4.78, 5) is 14.3. The van der Waals surface area contributed by atoms with Crippen LogP contribution in [0.15, 0.2) is 36.4 Å². The number of benzene rings is 1. The molecule has 7 heteroatoms. The highest BCUT2D eigenvalue weighted by Gasteiger charge is 2.15. The minimum Gasteiger partial charge on any atom is -0.394 e. The third-order valence-corrected chi connectivity index (χ3v) is 5.32. The number of hydrogen-bond acceptors (Lipinski definition) is 4. The van der Waals surface area contributed by atoms with Gasteiger partial charge in [-0.15, -0.1) is 11.3 Å². The number of urea groups is 1. The number of methoxy groups -OCH3 is 1. The van der Waals surface area contributed by atoms with Crippen LogP contribution >= 0.6 is 22.9 Å². The number of amides is 2. The number of carbonyl (C=O) groups is 1. The highest BCUT2D eigenvalue weighted by Crippen LogP contribution is 2.31. The molecule has 0 saturated heterocycles. The first kappa shape index (κ1) is 19.7. The number of halogens is 1. The molecule has 0 fully saturated rings. The van der Waals surface area contributed by atoms with Gasteiger partial charge in [-0.3, -0.25) is 0 Å². The van der Waals surface area contributed by atoms with E-state index >= 15 is 0 Å². The van der Waals surface area contributed by atoms with Crippen LogP contribution in [0.25, 0.3) is 10.4 Å². The van der Waals surface area contributed by atoms with E-state index in [2.05, 4.69) is 10.6 Å². The van der Waals surface area contributed by atoms with E-state index in [0.717, 1.165) is 15.3 Å². The first-order valence-electron chi connectivity index (χ1n) is 8.06. The molecule has 25 heavy (non-hydrogen) atoms. The maximum atomic E-state index is 12.1. The molecule has 2 atom stereocenters. The van der Waals surface area contributed by atoms with E-state index in [4.69, 9.17) is 16.3 Å². The largest absolute Gasteiger partial charge is 0.394 e. The lowest BCUT2D eigenvalue weighted by Crippen LogP contribution is -2.44. The molecule has 3 N–H and O–H groups in total. The first-order valence-corrected chi connectivity index (χ1v) is 9.25. The van der Waals surface area contributed by atoms with Crippen LogP contribution in [0.5, 0.6) is 0 Å². The summed E-state index contributed by atoms with van der Waals surface area (Å²) in [6, 6.07) is 11.0. The molecule has 2 unspecified atom stereocenters. The fraction of sp³-hybridized carbons (Fsp3) is 0.389. The molecule has 2 aromatic rings. The molecule has 0 aliphatic heterocycles. The van der Waals surface area contributed by atoms with Crippen molar-refractivity contribution < 1.29 is 14.6 Å². The monoisotopic (exact) mass is 382 g/mol. The van der Waals surface area contributed by atoms with Gasteiger partial charge in [-0.1, -0.05) is 23.7 Å². The van der Waals surface area contributed by atoms with Gasteiger partial charge in [0.25, 0.3) is 0 Å². The molecule has 1 heterocycles. The highest BCUT2D eigenvalue weighted by molar-refractivity contribution is 7.15. The Morgan fingerprint density at radius 3 is 2.60 bits per heavy atom. The lowest BCUT2D eigenvalue weighted by molar-refractivity contribution is 0.159. The van der Waals surface area contributed by atoms with Crippen LogP contribution in [0.2, 0.25) is 5.02 Å². The third kappa shape index (κ3) is 6.01. The van der Waals surface area contributed by atoms with Crippen molar-refractivity contribution in [2.45, 2.75) is 25.4 Å². The van der Waals surface area contributed by atoms with Crippen molar-refractivity contribution in [3.63, 3.8) is 0 Å². The summed E-state index contributed by atoms with van der Waals surface area (Å²) in [5, 5.41) is 15.7. The van der Waals surface area contributed by atoms with E-state index in [9.17, 15) is 9.90 Å². The molecule has 1 aromatic heterocycles. The second-order valence-corrected chi connectivity index (χ2v) is 7.26. The Morgan fingerprint density at radius 2 is 1.96 bits per heavy atom. The average molecular weight is 383 g/mol. The van der Waals surface area contributed by atoms with Crippen LogP contribution in [-0.4, -0.2) is 37.5 Å². The summed E-state index contributed by atoms with van der Waals surface area (Å²) in [7, 11) is 1.59. The van der Waals surface area contributed by atoms with Crippen LogP contribution in [0.3, 0.4) is 0 Å². The van der Waals surface area contributed by atoms with E-state index in [1.54, 1.807) is 18.4 Å². The number of hydrogen-bond donors (Lipinski definition) is 3. The van der Waals surface area contributed by atoms with Gasteiger partial charge in [0.2, 0.25) is 0 Å². The quantitative estimate of drug-likeness (QED) is 0.649. The van der Waals surface area contributed by atoms with Gasteiger partial charge in [-0.2, -0.15) is 0 Å². The molecule has 136 valence electrons. The third-order valence-electron chi connectivity index (χ3n) is 3.76. The summed E-state index contributed by atoms with van der Waals surface area (Å²) >= 11 is 7.55. The molecule has 5 nitrogen and oxygen atoms in total. The van der Waals surface area contributed by atoms with E-state index in [-0.39, 0.29) is 24.7 Å². The SMILES string of the molecule is COCCC(CO)NC(=O)NC(C)c1ccc(-c2ccc(Cl)cc2)s1. The maximum Gasteiger partial charge on any atom is 0.315 e. The Labute approximate surface area is 157 Å². The highest BCUT2D eigenvalue weighted by atomic mass is 35.5. The Morgan fingerprint density at radius 1 is 1.24 bits per heavy atom. The van der Waals surface area contributed by atoms with E-state index < -0.39 is 0 Å². The van der Waals surface area contributed by atoms with Gasteiger partial charge in [-0.05, 0) is 43.2 Å². The molecule has 2 rings (SSSR count). The van der Waals surface area contributed by atoms with Crippen molar-refractivity contribution in [1.82, 2.24) is 10.6 Å². The van der Waals surface area contributed by atoms with E-state index in [1.807, 2.05) is 43.3 Å². The number of aliphatic hydroxyl groups is 1. The predicted molar refractivity (Wildman–Crippen MR) is 102 cm³/mol. The number of thiophene rings is 1. The Hall–Kier alpha value is -1.60. The summed E-state index contributed by atoms with van der Waals surface area (Å²) in [6.45, 7) is 2.29. The number of aliphatic hydroxyl groups excluding tert-OH is 1. The molecule has 0 aliphatic rings. The number of nitrogens with one attached hydrogen (secondary N) is 2. The van der Waals surface area contributed by atoms with Crippen molar-refractivity contribution in [2.24, 2.45) is 0 Å². The van der Waals surface area contributed by atoms with Crippen molar-refractivity contribution in [3.05, 3.63) is 46.3 Å². The van der Waals surface area contributed by atoms with E-state index in [1.165, 1.54) is 0 Å². The number of ether oxygens (including phenoxy) is 1. The van der Waals surface area contributed by atoms with Gasteiger partial charge in [0.15, 0.2) is 0 Å². The Bertz CT molecular complexity index is 675. The lowest BCUT2D eigenvalue weighted by atomic mass is 10.2. The maximum absolute atomic E-state index is 12.1. The van der Waals surface area contributed by atoms with Gasteiger partial charge in [-0.25, -0.2) is 4.79 Å². The summed E-state index contributed by atoms with van der Waals surface area (Å²) in [5.74, 6) is 0. The fourth-order valence-corrected chi connectivity index (χ4v) is 3.46. The summed E-state index contributed by atoms with van der Waals surface area (Å²) in [5.41, 5.74) is 1.09. The van der Waals surface area contributed by atoms with Crippen molar-refractivity contribution in [3.8, 4) is 10.4 Å². The molecule has 1 aromatic carbocycles. The molecule has 0 saturated carbocycles. The zero-order valence-corrected chi connectivity index (χ0v) is 15.9. The smallest absolute Gasteiger partial charge is 0.315 e. The first-order chi connectivity index (χ1) is 12.0. The van der Waals surface area contributed by atoms with Crippen molar-refractivity contribution >= 4 is 29.0 Å². The van der Waals surface area contributed by atoms with E-state index in [0.29, 0.717) is 18.1 Å². The molecular formula is C18H23ClN2O3S. The normalized spacial score (nSPS) is 13.3. The molecule has 0 spiro atoms. The van der Waals surface area contributed by atoms with Gasteiger partial charge >= 0.3 is 6.03 Å². The molecule has 0 aliphatic carbocycles. The minimum atomic E-state index is -0.319. The van der Waals surface area contributed by atoms with Crippen molar-refractivity contribution in [2.75, 3.05) is 20.3 Å². The summed E-state index contributed by atoms with van der Waals surface area (Å²) in [6.07, 6.45) is 0.564. The number of rotatable bonds is 8. The topological polar surface area (TPSA) is 70.6 Å². The minimum absolute atomic E-state index is 0.120. The van der Waals surface area contributed by atoms with Gasteiger partial charge in [0, 0.05) is 28.5 Å². The summed E-state index contributed by atoms with van der Waals surface area (Å²) < 4.78 is 4.97. The number of carbonyl (C=O) groups excluding carboxylic acids is 1. The average Bonchev–Trinajstić information content (AvgIpc) is 3.09. The van der Waals surface area contributed by atoms with Crippen LogP contribution in [0.1, 0.15) is 24.3 Å². The van der Waals surface area contributed by atoms with Crippen molar-refractivity contribution in [1.29, 1.82) is 0 Å². The van der Waals surface area contributed by atoms with Gasteiger partial charge in [0.1, 0.15) is 0 Å². The van der Waals surface area contributed by atoms with Crippen LogP contribution < -0.4 is 10.6 Å². The zero-order valence-electron chi connectivity index (χ0n) is 14.3. The van der Waals surface area contributed by atoms with Crippen LogP contribution in [0, 0.1) is 0 Å². The Kier molecular flexibility index (Phi) is 7.71. The van der Waals surface area contributed by atoms with Gasteiger partial charge < -0.3 is 20.5 Å². The molecule has 0 radical (unpaired) electrons. The fourth-order valence-electron chi connectivity index (χ4n) is 2.32. The Balaban J connectivity index is 1.93. The molecule has 2 amide bonds. The van der Waals surface area contributed by atoms with Crippen LogP contribution in [-0.2, 0) is 4.74 Å². The second-order valence-electron chi connectivity index (χ2n) is 5.71. The van der Waals surface area contributed by atoms with Crippen LogP contribution in [0.4, 0.5) is 4.79 Å². The predicted octanol–water partition coefficient (Wildman–Crippen LogP) is 3.83. The van der Waals surface area contributed by atoms with Gasteiger partial charge in [0.05, 0.1) is 18.7 Å².